The Morgan fingerprint density at radius 3 is 2.82 bits per heavy atom. The molecule has 0 saturated carbocycles. The van der Waals surface area contributed by atoms with Crippen molar-refractivity contribution in [3.8, 4) is 28.6 Å². The summed E-state index contributed by atoms with van der Waals surface area (Å²) in [6.45, 7) is 2.06. The number of carbonyl (C=O) groups excluding carboxylic acids is 1. The molecule has 0 aliphatic carbocycles. The molecule has 1 atom stereocenters. The normalized spacial score (nSPS) is 16.6. The Hall–Kier alpha value is -3.24. The minimum atomic E-state index is -0.0830. The summed E-state index contributed by atoms with van der Waals surface area (Å²) in [5.74, 6) is 3.11. The molecule has 0 bridgehead atoms. The number of nitrogens with one attached hydrogen (secondary N) is 1. The molecule has 1 aromatic heterocycles. The van der Waals surface area contributed by atoms with Crippen LogP contribution in [-0.2, 0) is 22.6 Å². The molecule has 3 heterocycles. The molecule has 1 amide bonds. The monoisotopic (exact) mass is 482 g/mol. The number of carbonyl (C=O) groups is 1. The molecule has 5 rings (SSSR count). The average molecular weight is 483 g/mol. The van der Waals surface area contributed by atoms with Crippen molar-refractivity contribution in [2.45, 2.75) is 37.2 Å². The van der Waals surface area contributed by atoms with Crippen LogP contribution in [0.1, 0.15) is 18.4 Å². The second-order valence-electron chi connectivity index (χ2n) is 8.03. The lowest BCUT2D eigenvalue weighted by atomic mass is 10.2. The van der Waals surface area contributed by atoms with Gasteiger partial charge < -0.3 is 24.3 Å². The lowest BCUT2D eigenvalue weighted by Crippen LogP contribution is -2.25. The highest BCUT2D eigenvalue weighted by molar-refractivity contribution is 7.99. The third-order valence-electron chi connectivity index (χ3n) is 5.73. The molecule has 1 saturated heterocycles. The second-order valence-corrected chi connectivity index (χ2v) is 8.98. The fourth-order valence-electron chi connectivity index (χ4n) is 3.94. The highest BCUT2D eigenvalue weighted by Gasteiger charge is 2.22. The fourth-order valence-corrected chi connectivity index (χ4v) is 4.72. The molecule has 2 aliphatic rings. The second kappa shape index (κ2) is 10.4. The van der Waals surface area contributed by atoms with E-state index in [0.717, 1.165) is 47.9 Å². The molecule has 1 unspecified atom stereocenters. The molecule has 9 nitrogen and oxygen atoms in total. The Kier molecular flexibility index (Phi) is 6.87. The molecule has 1 N–H and O–H groups in total. The van der Waals surface area contributed by atoms with E-state index in [1.165, 1.54) is 11.8 Å². The summed E-state index contributed by atoms with van der Waals surface area (Å²) in [6.07, 6.45) is 2.17. The number of ether oxygens (including phenoxy) is 4. The van der Waals surface area contributed by atoms with Crippen molar-refractivity contribution >= 4 is 17.7 Å². The molecule has 3 aromatic rings. The highest BCUT2D eigenvalue weighted by Crippen LogP contribution is 2.32. The zero-order chi connectivity index (χ0) is 23.3. The van der Waals surface area contributed by atoms with E-state index in [4.69, 9.17) is 18.9 Å². The Balaban J connectivity index is 1.24. The van der Waals surface area contributed by atoms with Gasteiger partial charge in [0.05, 0.1) is 25.5 Å². The largest absolute Gasteiger partial charge is 0.497 e. The molecule has 10 heteroatoms. The lowest BCUT2D eigenvalue weighted by Gasteiger charge is -2.15. The molecule has 1 fully saturated rings. The fraction of sp³-hybridized carbons (Fsp3) is 0.375. The molecule has 178 valence electrons. The Labute approximate surface area is 201 Å². The van der Waals surface area contributed by atoms with Gasteiger partial charge in [-0.15, -0.1) is 10.2 Å². The van der Waals surface area contributed by atoms with Gasteiger partial charge in [-0.2, -0.15) is 0 Å². The number of rotatable bonds is 9. The van der Waals surface area contributed by atoms with E-state index in [-0.39, 0.29) is 24.6 Å². The predicted molar refractivity (Wildman–Crippen MR) is 126 cm³/mol. The molecule has 2 aliphatic heterocycles. The van der Waals surface area contributed by atoms with Crippen molar-refractivity contribution in [2.75, 3.05) is 26.3 Å². The van der Waals surface area contributed by atoms with Gasteiger partial charge >= 0.3 is 0 Å². The Bertz CT molecular complexity index is 1140. The first-order chi connectivity index (χ1) is 16.7. The summed E-state index contributed by atoms with van der Waals surface area (Å²) >= 11 is 1.37. The van der Waals surface area contributed by atoms with Gasteiger partial charge in [0.25, 0.3) is 0 Å². The summed E-state index contributed by atoms with van der Waals surface area (Å²) in [7, 11) is 1.64. The first-order valence-corrected chi connectivity index (χ1v) is 12.2. The number of aromatic nitrogens is 3. The van der Waals surface area contributed by atoms with Crippen LogP contribution in [0.15, 0.2) is 47.6 Å². The van der Waals surface area contributed by atoms with E-state index >= 15 is 0 Å². The van der Waals surface area contributed by atoms with E-state index in [2.05, 4.69) is 15.5 Å². The summed E-state index contributed by atoms with van der Waals surface area (Å²) in [5, 5.41) is 12.5. The van der Waals surface area contributed by atoms with Crippen LogP contribution in [0.3, 0.4) is 0 Å². The maximum atomic E-state index is 12.5. The number of methoxy groups -OCH3 is 1. The smallest absolute Gasteiger partial charge is 0.231 e. The maximum Gasteiger partial charge on any atom is 0.231 e. The zero-order valence-electron chi connectivity index (χ0n) is 18.9. The minimum absolute atomic E-state index is 0.0830. The van der Waals surface area contributed by atoms with Crippen molar-refractivity contribution in [2.24, 2.45) is 0 Å². The minimum Gasteiger partial charge on any atom is -0.497 e. The van der Waals surface area contributed by atoms with Gasteiger partial charge in [0.2, 0.25) is 12.7 Å². The van der Waals surface area contributed by atoms with Crippen LogP contribution in [0.5, 0.6) is 17.2 Å². The van der Waals surface area contributed by atoms with Gasteiger partial charge in [-0.05, 0) is 54.8 Å². The SMILES string of the molecule is COc1ccc(-c2nnc(SCC(=O)NCc3ccc4c(c3)OCO4)n2CC2CCCO2)cc1. The van der Waals surface area contributed by atoms with Crippen LogP contribution in [0.2, 0.25) is 0 Å². The van der Waals surface area contributed by atoms with E-state index in [0.29, 0.717) is 24.0 Å². The van der Waals surface area contributed by atoms with Crippen molar-refractivity contribution in [1.29, 1.82) is 0 Å². The van der Waals surface area contributed by atoms with Crippen LogP contribution in [-0.4, -0.2) is 53.0 Å². The summed E-state index contributed by atoms with van der Waals surface area (Å²) in [4.78, 5) is 12.5. The van der Waals surface area contributed by atoms with Gasteiger partial charge in [-0.25, -0.2) is 0 Å². The third-order valence-corrected chi connectivity index (χ3v) is 6.70. The van der Waals surface area contributed by atoms with Crippen molar-refractivity contribution in [1.82, 2.24) is 20.1 Å². The van der Waals surface area contributed by atoms with Crippen molar-refractivity contribution < 1.29 is 23.7 Å². The zero-order valence-corrected chi connectivity index (χ0v) is 19.7. The first kappa shape index (κ1) is 22.5. The average Bonchev–Trinajstić information content (AvgIpc) is 3.63. The maximum absolute atomic E-state index is 12.5. The Morgan fingerprint density at radius 2 is 2.03 bits per heavy atom. The molecular formula is C24H26N4O5S. The first-order valence-electron chi connectivity index (χ1n) is 11.2. The molecule has 34 heavy (non-hydrogen) atoms. The van der Waals surface area contributed by atoms with Crippen LogP contribution >= 0.6 is 11.8 Å². The van der Waals surface area contributed by atoms with Gasteiger partial charge in [-0.3, -0.25) is 9.36 Å². The number of hydrogen-bond donors (Lipinski definition) is 1. The van der Waals surface area contributed by atoms with Crippen molar-refractivity contribution in [3.05, 3.63) is 48.0 Å². The third kappa shape index (κ3) is 5.13. The molecule has 0 radical (unpaired) electrons. The van der Waals surface area contributed by atoms with E-state index in [1.807, 2.05) is 47.0 Å². The van der Waals surface area contributed by atoms with Gasteiger partial charge in [-0.1, -0.05) is 17.8 Å². The lowest BCUT2D eigenvalue weighted by molar-refractivity contribution is -0.118. The van der Waals surface area contributed by atoms with E-state index < -0.39 is 0 Å². The topological polar surface area (TPSA) is 96.7 Å². The number of fused-ring (bicyclic) bond motifs is 1. The van der Waals surface area contributed by atoms with Crippen molar-refractivity contribution in [3.63, 3.8) is 0 Å². The summed E-state index contributed by atoms with van der Waals surface area (Å²) in [5.41, 5.74) is 1.89. The van der Waals surface area contributed by atoms with Crippen LogP contribution in [0, 0.1) is 0 Å². The number of thioether (sulfide) groups is 1. The highest BCUT2D eigenvalue weighted by atomic mass is 32.2. The molecule has 2 aromatic carbocycles. The summed E-state index contributed by atoms with van der Waals surface area (Å²) < 4.78 is 23.9. The van der Waals surface area contributed by atoms with Crippen LogP contribution < -0.4 is 19.5 Å². The van der Waals surface area contributed by atoms with Gasteiger partial charge in [0.1, 0.15) is 5.75 Å². The molecular weight excluding hydrogens is 456 g/mol. The van der Waals surface area contributed by atoms with Crippen LogP contribution in [0.4, 0.5) is 0 Å². The number of benzene rings is 2. The standard InChI is InChI=1S/C24H26N4O5S/c1-30-18-7-5-17(6-8-18)23-26-27-24(28(23)13-19-3-2-10-31-19)34-14-22(29)25-12-16-4-9-20-21(11-16)33-15-32-20/h4-9,11,19H,2-3,10,12-15H2,1H3,(H,25,29). The number of hydrogen-bond acceptors (Lipinski definition) is 8. The summed E-state index contributed by atoms with van der Waals surface area (Å²) in [6, 6.07) is 13.4. The Morgan fingerprint density at radius 1 is 1.18 bits per heavy atom. The van der Waals surface area contributed by atoms with Gasteiger partial charge in [0, 0.05) is 18.7 Å². The van der Waals surface area contributed by atoms with Crippen LogP contribution in [0.25, 0.3) is 11.4 Å². The number of amides is 1. The van der Waals surface area contributed by atoms with E-state index in [1.54, 1.807) is 7.11 Å². The molecule has 0 spiro atoms. The number of nitrogens with zero attached hydrogens (tertiary/aromatic N) is 3. The van der Waals surface area contributed by atoms with Gasteiger partial charge in [0.15, 0.2) is 22.5 Å². The quantitative estimate of drug-likeness (QED) is 0.464. The van der Waals surface area contributed by atoms with E-state index in [9.17, 15) is 4.79 Å². The predicted octanol–water partition coefficient (Wildman–Crippen LogP) is 3.27.